The SMILES string of the molecule is OC[C@H]1O[C@@H](SC2CCC(NC3CCCC3)C2)[C@H](O)[C@@H](O)[C@H]1O. The minimum absolute atomic E-state index is 0.363. The molecule has 1 aliphatic heterocycles. The minimum Gasteiger partial charge on any atom is -0.394 e. The zero-order chi connectivity index (χ0) is 16.4. The lowest BCUT2D eigenvalue weighted by Gasteiger charge is -2.40. The van der Waals surface area contributed by atoms with Crippen molar-refractivity contribution < 1.29 is 25.2 Å². The number of aliphatic hydroxyl groups excluding tert-OH is 4. The largest absolute Gasteiger partial charge is 0.394 e. The van der Waals surface area contributed by atoms with Gasteiger partial charge in [-0.1, -0.05) is 12.8 Å². The minimum atomic E-state index is -1.27. The van der Waals surface area contributed by atoms with Crippen LogP contribution in [0.5, 0.6) is 0 Å². The van der Waals surface area contributed by atoms with E-state index >= 15 is 0 Å². The van der Waals surface area contributed by atoms with Crippen molar-refractivity contribution in [1.82, 2.24) is 5.32 Å². The van der Waals surface area contributed by atoms with Crippen LogP contribution in [0.4, 0.5) is 0 Å². The van der Waals surface area contributed by atoms with Crippen molar-refractivity contribution in [3.63, 3.8) is 0 Å². The molecule has 0 amide bonds. The Bertz CT molecular complexity index is 379. The molecule has 3 fully saturated rings. The van der Waals surface area contributed by atoms with Gasteiger partial charge in [-0.25, -0.2) is 0 Å². The van der Waals surface area contributed by atoms with Crippen LogP contribution in [-0.2, 0) is 4.74 Å². The monoisotopic (exact) mass is 347 g/mol. The molecule has 2 aliphatic carbocycles. The van der Waals surface area contributed by atoms with Gasteiger partial charge in [-0.2, -0.15) is 0 Å². The molecule has 5 N–H and O–H groups in total. The average Bonchev–Trinajstić information content (AvgIpc) is 3.20. The van der Waals surface area contributed by atoms with E-state index < -0.39 is 29.9 Å². The first-order chi connectivity index (χ1) is 11.1. The number of nitrogens with one attached hydrogen (secondary N) is 1. The van der Waals surface area contributed by atoms with Crippen LogP contribution in [0, 0.1) is 0 Å². The van der Waals surface area contributed by atoms with E-state index in [0.717, 1.165) is 19.3 Å². The van der Waals surface area contributed by atoms with E-state index in [-0.39, 0.29) is 6.61 Å². The summed E-state index contributed by atoms with van der Waals surface area (Å²) in [6.07, 6.45) is 3.97. The summed E-state index contributed by atoms with van der Waals surface area (Å²) in [7, 11) is 0. The van der Waals surface area contributed by atoms with Gasteiger partial charge in [0.2, 0.25) is 0 Å². The third kappa shape index (κ3) is 4.21. The first kappa shape index (κ1) is 17.9. The molecule has 1 heterocycles. The Labute approximate surface area is 141 Å². The van der Waals surface area contributed by atoms with Crippen LogP contribution >= 0.6 is 11.8 Å². The van der Waals surface area contributed by atoms with Crippen molar-refractivity contribution >= 4 is 11.8 Å². The summed E-state index contributed by atoms with van der Waals surface area (Å²) in [6.45, 7) is -0.363. The van der Waals surface area contributed by atoms with E-state index in [0.29, 0.717) is 17.3 Å². The summed E-state index contributed by atoms with van der Waals surface area (Å²) in [5, 5.41) is 43.2. The molecule has 0 aromatic carbocycles. The highest BCUT2D eigenvalue weighted by atomic mass is 32.2. The Kier molecular flexibility index (Phi) is 6.23. The van der Waals surface area contributed by atoms with E-state index in [9.17, 15) is 20.4 Å². The van der Waals surface area contributed by atoms with Gasteiger partial charge in [-0.05, 0) is 32.1 Å². The average molecular weight is 347 g/mol. The number of hydrogen-bond donors (Lipinski definition) is 5. The van der Waals surface area contributed by atoms with Gasteiger partial charge in [0.15, 0.2) is 0 Å². The van der Waals surface area contributed by atoms with E-state index in [1.807, 2.05) is 0 Å². The Morgan fingerprint density at radius 1 is 0.913 bits per heavy atom. The highest BCUT2D eigenvalue weighted by molar-refractivity contribution is 8.00. The number of hydrogen-bond acceptors (Lipinski definition) is 7. The molecular formula is C16H29NO5S. The van der Waals surface area contributed by atoms with Crippen molar-refractivity contribution in [3.05, 3.63) is 0 Å². The standard InChI is InChI=1S/C16H29NO5S/c18-8-12-13(19)14(20)15(21)16(22-12)23-11-6-5-10(7-11)17-9-3-1-2-4-9/h9-21H,1-8H2/t10?,11?,12-,13+,14+,15-,16+/m1/s1. The van der Waals surface area contributed by atoms with Crippen LogP contribution in [-0.4, -0.2) is 74.2 Å². The molecule has 0 spiro atoms. The molecule has 0 aromatic rings. The molecular weight excluding hydrogens is 318 g/mol. The fourth-order valence-electron chi connectivity index (χ4n) is 4.01. The molecule has 3 aliphatic rings. The van der Waals surface area contributed by atoms with Crippen molar-refractivity contribution in [3.8, 4) is 0 Å². The van der Waals surface area contributed by atoms with Crippen molar-refractivity contribution in [2.75, 3.05) is 6.61 Å². The molecule has 0 radical (unpaired) electrons. The van der Waals surface area contributed by atoms with Gasteiger partial charge in [-0.15, -0.1) is 11.8 Å². The maximum absolute atomic E-state index is 10.1. The molecule has 23 heavy (non-hydrogen) atoms. The molecule has 1 saturated heterocycles. The second kappa shape index (κ2) is 7.99. The number of aliphatic hydroxyl groups is 4. The summed E-state index contributed by atoms with van der Waals surface area (Å²) >= 11 is 1.53. The third-order valence-corrected chi connectivity index (χ3v) is 6.86. The maximum Gasteiger partial charge on any atom is 0.132 e. The van der Waals surface area contributed by atoms with E-state index in [1.165, 1.54) is 37.4 Å². The second-order valence-corrected chi connectivity index (χ2v) is 8.52. The van der Waals surface area contributed by atoms with Gasteiger partial charge >= 0.3 is 0 Å². The lowest BCUT2D eigenvalue weighted by Crippen LogP contribution is -2.57. The molecule has 6 nitrogen and oxygen atoms in total. The molecule has 2 saturated carbocycles. The van der Waals surface area contributed by atoms with Crippen molar-refractivity contribution in [2.45, 2.75) is 92.1 Å². The third-order valence-electron chi connectivity index (χ3n) is 5.39. The predicted molar refractivity (Wildman–Crippen MR) is 88.2 cm³/mol. The zero-order valence-electron chi connectivity index (χ0n) is 13.4. The smallest absolute Gasteiger partial charge is 0.132 e. The van der Waals surface area contributed by atoms with Gasteiger partial charge in [0.25, 0.3) is 0 Å². The van der Waals surface area contributed by atoms with Gasteiger partial charge in [0.1, 0.15) is 29.9 Å². The van der Waals surface area contributed by atoms with E-state index in [2.05, 4.69) is 5.32 Å². The molecule has 7 atom stereocenters. The lowest BCUT2D eigenvalue weighted by molar-refractivity contribution is -0.205. The maximum atomic E-state index is 10.1. The fraction of sp³-hybridized carbons (Fsp3) is 1.00. The molecule has 2 unspecified atom stereocenters. The summed E-state index contributed by atoms with van der Waals surface area (Å²) in [6, 6.07) is 1.19. The quantitative estimate of drug-likeness (QED) is 0.476. The predicted octanol–water partition coefficient (Wildman–Crippen LogP) is -0.0272. The van der Waals surface area contributed by atoms with Crippen LogP contribution in [0.3, 0.4) is 0 Å². The van der Waals surface area contributed by atoms with Gasteiger partial charge in [0.05, 0.1) is 6.61 Å². The molecule has 0 bridgehead atoms. The topological polar surface area (TPSA) is 102 Å². The van der Waals surface area contributed by atoms with E-state index in [1.54, 1.807) is 0 Å². The zero-order valence-corrected chi connectivity index (χ0v) is 14.2. The molecule has 134 valence electrons. The van der Waals surface area contributed by atoms with Gasteiger partial charge in [-0.3, -0.25) is 0 Å². The first-order valence-corrected chi connectivity index (χ1v) is 9.74. The second-order valence-electron chi connectivity index (χ2n) is 7.11. The van der Waals surface area contributed by atoms with E-state index in [4.69, 9.17) is 4.74 Å². The van der Waals surface area contributed by atoms with Crippen molar-refractivity contribution in [2.24, 2.45) is 0 Å². The van der Waals surface area contributed by atoms with Gasteiger partial charge < -0.3 is 30.5 Å². The van der Waals surface area contributed by atoms with Crippen LogP contribution < -0.4 is 5.32 Å². The fourth-order valence-corrected chi connectivity index (χ4v) is 5.53. The van der Waals surface area contributed by atoms with Gasteiger partial charge in [0, 0.05) is 17.3 Å². The summed E-state index contributed by atoms with van der Waals surface area (Å²) in [4.78, 5) is 0. The summed E-state index contributed by atoms with van der Waals surface area (Å²) in [5.41, 5.74) is -0.596. The molecule has 7 heteroatoms. The number of ether oxygens (including phenoxy) is 1. The number of thioether (sulfide) groups is 1. The Balaban J connectivity index is 1.48. The summed E-state index contributed by atoms with van der Waals surface area (Å²) < 4.78 is 5.59. The Morgan fingerprint density at radius 2 is 1.65 bits per heavy atom. The molecule has 3 rings (SSSR count). The van der Waals surface area contributed by atoms with Crippen LogP contribution in [0.2, 0.25) is 0 Å². The Morgan fingerprint density at radius 3 is 2.35 bits per heavy atom. The highest BCUT2D eigenvalue weighted by Gasteiger charge is 2.45. The molecule has 0 aromatic heterocycles. The van der Waals surface area contributed by atoms with Crippen LogP contribution in [0.15, 0.2) is 0 Å². The van der Waals surface area contributed by atoms with Crippen molar-refractivity contribution in [1.29, 1.82) is 0 Å². The van der Waals surface area contributed by atoms with Crippen LogP contribution in [0.25, 0.3) is 0 Å². The van der Waals surface area contributed by atoms with Crippen LogP contribution in [0.1, 0.15) is 44.9 Å². The highest BCUT2D eigenvalue weighted by Crippen LogP contribution is 2.38. The number of rotatable bonds is 5. The normalized spacial score (nSPS) is 45.7. The lowest BCUT2D eigenvalue weighted by atomic mass is 10.0. The first-order valence-electron chi connectivity index (χ1n) is 8.80. The summed E-state index contributed by atoms with van der Waals surface area (Å²) in [5.74, 6) is 0. The Hall–Kier alpha value is 0.110.